The van der Waals surface area contributed by atoms with Crippen LogP contribution in [0.5, 0.6) is 0 Å². The van der Waals surface area contributed by atoms with Gasteiger partial charge in [0.2, 0.25) is 5.91 Å². The Labute approximate surface area is 160 Å². The smallest absolute Gasteiger partial charge is 0.317 e. The second-order valence-corrected chi connectivity index (χ2v) is 8.24. The molecule has 0 aromatic heterocycles. The number of likely N-dealkylation sites (tertiary alicyclic amines) is 2. The number of piperidine rings is 1. The van der Waals surface area contributed by atoms with E-state index in [1.807, 2.05) is 41.0 Å². The Hall–Kier alpha value is -1.75. The van der Waals surface area contributed by atoms with Crippen molar-refractivity contribution < 1.29 is 9.59 Å². The molecule has 2 aliphatic rings. The quantitative estimate of drug-likeness (QED) is 0.870. The largest absolute Gasteiger partial charge is 0.338 e. The van der Waals surface area contributed by atoms with Crippen LogP contribution in [0.2, 0.25) is 5.02 Å². The molecule has 0 bridgehead atoms. The third kappa shape index (κ3) is 4.32. The van der Waals surface area contributed by atoms with Crippen LogP contribution >= 0.6 is 11.6 Å². The average Bonchev–Trinajstić information content (AvgIpc) is 2.92. The Morgan fingerprint density at radius 2 is 1.92 bits per heavy atom. The van der Waals surface area contributed by atoms with Crippen LogP contribution in [0.4, 0.5) is 4.79 Å². The molecule has 1 atom stereocenters. The van der Waals surface area contributed by atoms with E-state index in [0.717, 1.165) is 44.5 Å². The number of benzene rings is 1. The number of hydrogen-bond donors (Lipinski definition) is 1. The summed E-state index contributed by atoms with van der Waals surface area (Å²) in [6.45, 7) is 6.96. The minimum atomic E-state index is 0.0245. The Bertz CT molecular complexity index is 654. The van der Waals surface area contributed by atoms with Crippen molar-refractivity contribution in [3.05, 3.63) is 34.9 Å². The van der Waals surface area contributed by atoms with Gasteiger partial charge in [0.1, 0.15) is 0 Å². The van der Waals surface area contributed by atoms with E-state index in [4.69, 9.17) is 11.6 Å². The molecule has 26 heavy (non-hydrogen) atoms. The predicted molar refractivity (Wildman–Crippen MR) is 103 cm³/mol. The molecule has 1 N–H and O–H groups in total. The Kier molecular flexibility index (Phi) is 5.76. The summed E-state index contributed by atoms with van der Waals surface area (Å²) >= 11 is 5.94. The van der Waals surface area contributed by atoms with E-state index in [2.05, 4.69) is 12.2 Å². The fourth-order valence-corrected chi connectivity index (χ4v) is 3.99. The minimum absolute atomic E-state index is 0.0245. The lowest BCUT2D eigenvalue weighted by atomic mass is 9.77. The fourth-order valence-electron chi connectivity index (χ4n) is 3.86. The molecule has 0 unspecified atom stereocenters. The summed E-state index contributed by atoms with van der Waals surface area (Å²) in [5, 5.41) is 3.74. The van der Waals surface area contributed by atoms with E-state index in [0.29, 0.717) is 18.0 Å². The first-order chi connectivity index (χ1) is 12.4. The number of rotatable bonds is 4. The summed E-state index contributed by atoms with van der Waals surface area (Å²) in [7, 11) is 0. The van der Waals surface area contributed by atoms with Crippen LogP contribution in [-0.4, -0.2) is 47.4 Å². The van der Waals surface area contributed by atoms with Crippen LogP contribution in [0.15, 0.2) is 24.3 Å². The standard InChI is InChI=1S/C20H28ClN3O2/c1-3-15(2)22-19(26)23-10-8-20(9-11-23)12-18(25)24(14-20)13-16-4-6-17(21)7-5-16/h4-7,15H,3,8-14H2,1-2H3,(H,22,26)/t15-/m1/s1. The van der Waals surface area contributed by atoms with Gasteiger partial charge in [0.15, 0.2) is 0 Å². The molecule has 1 aromatic carbocycles. The molecule has 1 spiro atoms. The second kappa shape index (κ2) is 7.87. The van der Waals surface area contributed by atoms with E-state index >= 15 is 0 Å². The third-order valence-corrected chi connectivity index (χ3v) is 6.04. The Morgan fingerprint density at radius 3 is 2.54 bits per heavy atom. The summed E-state index contributed by atoms with van der Waals surface area (Å²) in [5.74, 6) is 0.220. The summed E-state index contributed by atoms with van der Waals surface area (Å²) in [6, 6.07) is 7.89. The predicted octanol–water partition coefficient (Wildman–Crippen LogP) is 3.66. The van der Waals surface area contributed by atoms with Gasteiger partial charge >= 0.3 is 6.03 Å². The summed E-state index contributed by atoms with van der Waals surface area (Å²) < 4.78 is 0. The first kappa shape index (κ1) is 19.0. The maximum atomic E-state index is 12.5. The summed E-state index contributed by atoms with van der Waals surface area (Å²) in [5.41, 5.74) is 1.13. The highest BCUT2D eigenvalue weighted by atomic mass is 35.5. The van der Waals surface area contributed by atoms with Crippen molar-refractivity contribution in [1.82, 2.24) is 15.1 Å². The monoisotopic (exact) mass is 377 g/mol. The van der Waals surface area contributed by atoms with Crippen molar-refractivity contribution in [3.8, 4) is 0 Å². The molecule has 0 radical (unpaired) electrons. The highest BCUT2D eigenvalue weighted by molar-refractivity contribution is 6.30. The SMILES string of the molecule is CC[C@@H](C)NC(=O)N1CCC2(CC1)CC(=O)N(Cc1ccc(Cl)cc1)C2. The van der Waals surface area contributed by atoms with Crippen LogP contribution in [0.25, 0.3) is 0 Å². The van der Waals surface area contributed by atoms with Gasteiger partial charge in [-0.1, -0.05) is 30.7 Å². The number of amides is 3. The molecule has 2 aliphatic heterocycles. The van der Waals surface area contributed by atoms with Crippen molar-refractivity contribution in [1.29, 1.82) is 0 Å². The maximum absolute atomic E-state index is 12.5. The van der Waals surface area contributed by atoms with E-state index in [1.54, 1.807) is 0 Å². The lowest BCUT2D eigenvalue weighted by Gasteiger charge is -2.39. The minimum Gasteiger partial charge on any atom is -0.338 e. The van der Waals surface area contributed by atoms with Gasteiger partial charge in [-0.05, 0) is 43.9 Å². The van der Waals surface area contributed by atoms with Gasteiger partial charge in [0, 0.05) is 49.1 Å². The molecule has 6 heteroatoms. The first-order valence-electron chi connectivity index (χ1n) is 9.48. The van der Waals surface area contributed by atoms with Gasteiger partial charge in [-0.3, -0.25) is 4.79 Å². The van der Waals surface area contributed by atoms with Gasteiger partial charge in [0.25, 0.3) is 0 Å². The van der Waals surface area contributed by atoms with Crippen LogP contribution in [0.1, 0.15) is 45.1 Å². The molecule has 0 aliphatic carbocycles. The zero-order valence-corrected chi connectivity index (χ0v) is 16.4. The second-order valence-electron chi connectivity index (χ2n) is 7.80. The van der Waals surface area contributed by atoms with Crippen LogP contribution in [0.3, 0.4) is 0 Å². The molecule has 2 saturated heterocycles. The van der Waals surface area contributed by atoms with Gasteiger partial charge in [0.05, 0.1) is 0 Å². The van der Waals surface area contributed by atoms with Gasteiger partial charge < -0.3 is 15.1 Å². The molecule has 2 heterocycles. The third-order valence-electron chi connectivity index (χ3n) is 5.79. The average molecular weight is 378 g/mol. The Balaban J connectivity index is 1.55. The lowest BCUT2D eigenvalue weighted by molar-refractivity contribution is -0.128. The van der Waals surface area contributed by atoms with Crippen LogP contribution in [0, 0.1) is 5.41 Å². The van der Waals surface area contributed by atoms with Crippen molar-refractivity contribution in [3.63, 3.8) is 0 Å². The first-order valence-corrected chi connectivity index (χ1v) is 9.86. The number of urea groups is 1. The fraction of sp³-hybridized carbons (Fsp3) is 0.600. The number of hydrogen-bond acceptors (Lipinski definition) is 2. The number of halogens is 1. The molecule has 0 saturated carbocycles. The number of nitrogens with zero attached hydrogens (tertiary/aromatic N) is 2. The maximum Gasteiger partial charge on any atom is 0.317 e. The molecule has 3 amide bonds. The topological polar surface area (TPSA) is 52.7 Å². The number of carbonyl (C=O) groups excluding carboxylic acids is 2. The van der Waals surface area contributed by atoms with Crippen molar-refractivity contribution >= 4 is 23.5 Å². The van der Waals surface area contributed by atoms with Gasteiger partial charge in [-0.15, -0.1) is 0 Å². The number of carbonyl (C=O) groups is 2. The van der Waals surface area contributed by atoms with Gasteiger partial charge in [-0.25, -0.2) is 4.79 Å². The Morgan fingerprint density at radius 1 is 1.27 bits per heavy atom. The zero-order valence-electron chi connectivity index (χ0n) is 15.6. The van der Waals surface area contributed by atoms with Crippen LogP contribution in [-0.2, 0) is 11.3 Å². The molecule has 1 aromatic rings. The highest BCUT2D eigenvalue weighted by Crippen LogP contribution is 2.41. The molecular weight excluding hydrogens is 350 g/mol. The normalized spacial score (nSPS) is 20.5. The molecule has 5 nitrogen and oxygen atoms in total. The van der Waals surface area contributed by atoms with E-state index in [-0.39, 0.29) is 23.4 Å². The van der Waals surface area contributed by atoms with Crippen LogP contribution < -0.4 is 5.32 Å². The molecule has 142 valence electrons. The van der Waals surface area contributed by atoms with E-state index in [1.165, 1.54) is 0 Å². The molecule has 2 fully saturated rings. The molecular formula is C20H28ClN3O2. The number of nitrogens with one attached hydrogen (secondary N) is 1. The van der Waals surface area contributed by atoms with Crippen molar-refractivity contribution in [2.45, 2.75) is 52.1 Å². The molecule has 3 rings (SSSR count). The van der Waals surface area contributed by atoms with E-state index < -0.39 is 0 Å². The van der Waals surface area contributed by atoms with Crippen molar-refractivity contribution in [2.75, 3.05) is 19.6 Å². The van der Waals surface area contributed by atoms with Crippen molar-refractivity contribution in [2.24, 2.45) is 5.41 Å². The summed E-state index contributed by atoms with van der Waals surface area (Å²) in [4.78, 5) is 28.7. The summed E-state index contributed by atoms with van der Waals surface area (Å²) in [6.07, 6.45) is 3.31. The lowest BCUT2D eigenvalue weighted by Crippen LogP contribution is -2.49. The van der Waals surface area contributed by atoms with E-state index in [9.17, 15) is 9.59 Å². The highest BCUT2D eigenvalue weighted by Gasteiger charge is 2.45. The zero-order chi connectivity index (χ0) is 18.7. The van der Waals surface area contributed by atoms with Gasteiger partial charge in [-0.2, -0.15) is 0 Å².